The second-order valence-corrected chi connectivity index (χ2v) is 9.84. The van der Waals surface area contributed by atoms with E-state index in [0.29, 0.717) is 42.9 Å². The monoisotopic (exact) mass is 454 g/mol. The number of hydrogen-bond donors (Lipinski definition) is 0. The Morgan fingerprint density at radius 2 is 1.41 bits per heavy atom. The van der Waals surface area contributed by atoms with Crippen molar-refractivity contribution in [1.82, 2.24) is 4.31 Å². The van der Waals surface area contributed by atoms with E-state index >= 15 is 0 Å². The van der Waals surface area contributed by atoms with Gasteiger partial charge in [0.1, 0.15) is 11.6 Å². The van der Waals surface area contributed by atoms with Gasteiger partial charge in [0, 0.05) is 18.8 Å². The highest BCUT2D eigenvalue weighted by Crippen LogP contribution is 2.28. The van der Waals surface area contributed by atoms with Crippen molar-refractivity contribution in [3.8, 4) is 0 Å². The summed E-state index contributed by atoms with van der Waals surface area (Å²) in [6.45, 7) is 0.879. The van der Waals surface area contributed by atoms with Gasteiger partial charge in [-0.05, 0) is 79.3 Å². The number of nitrogens with zero attached hydrogens (tertiary/aromatic N) is 2. The Bertz CT molecular complexity index is 1170. The summed E-state index contributed by atoms with van der Waals surface area (Å²) in [6, 6.07) is 20.6. The molecule has 0 aliphatic carbocycles. The molecule has 1 aliphatic heterocycles. The number of hydrogen-bond acceptors (Lipinski definition) is 3. The van der Waals surface area contributed by atoms with Crippen LogP contribution in [0.25, 0.3) is 0 Å². The minimum absolute atomic E-state index is 0.237. The predicted molar refractivity (Wildman–Crippen MR) is 122 cm³/mol. The molecule has 32 heavy (non-hydrogen) atoms. The van der Waals surface area contributed by atoms with Gasteiger partial charge in [-0.15, -0.1) is 0 Å². The van der Waals surface area contributed by atoms with E-state index in [1.54, 1.807) is 54.6 Å². The summed E-state index contributed by atoms with van der Waals surface area (Å²) >= 11 is 0. The molecule has 0 saturated carbocycles. The number of rotatable bonds is 6. The van der Waals surface area contributed by atoms with Gasteiger partial charge in [-0.1, -0.05) is 30.3 Å². The maximum atomic E-state index is 13.4. The zero-order valence-corrected chi connectivity index (χ0v) is 18.3. The molecule has 1 aliphatic rings. The van der Waals surface area contributed by atoms with E-state index in [0.717, 1.165) is 11.3 Å². The summed E-state index contributed by atoms with van der Waals surface area (Å²) in [4.78, 5) is 5.01. The van der Waals surface area contributed by atoms with E-state index in [9.17, 15) is 17.2 Å². The summed E-state index contributed by atoms with van der Waals surface area (Å²) < 4.78 is 54.0. The van der Waals surface area contributed by atoms with Crippen LogP contribution < -0.4 is 0 Å². The molecular weight excluding hydrogens is 430 g/mol. The molecule has 4 nitrogen and oxygen atoms in total. The van der Waals surface area contributed by atoms with E-state index in [4.69, 9.17) is 4.99 Å². The van der Waals surface area contributed by atoms with Gasteiger partial charge in [0.05, 0.1) is 10.6 Å². The highest BCUT2D eigenvalue weighted by Gasteiger charge is 2.29. The molecular formula is C25H24F2N2O2S. The number of piperidine rings is 1. The lowest BCUT2D eigenvalue weighted by atomic mass is 9.90. The van der Waals surface area contributed by atoms with Gasteiger partial charge in [-0.25, -0.2) is 17.2 Å². The van der Waals surface area contributed by atoms with Gasteiger partial charge in [-0.2, -0.15) is 4.31 Å². The first-order chi connectivity index (χ1) is 15.4. The first kappa shape index (κ1) is 22.3. The quantitative estimate of drug-likeness (QED) is 0.457. The van der Waals surface area contributed by atoms with Crippen LogP contribution in [0, 0.1) is 17.6 Å². The Morgan fingerprint density at radius 3 is 2.00 bits per heavy atom. The van der Waals surface area contributed by atoms with Crippen molar-refractivity contribution < 1.29 is 17.2 Å². The summed E-state index contributed by atoms with van der Waals surface area (Å²) in [6.07, 6.45) is 2.04. The second kappa shape index (κ2) is 9.71. The van der Waals surface area contributed by atoms with Gasteiger partial charge >= 0.3 is 0 Å². The van der Waals surface area contributed by atoms with Crippen molar-refractivity contribution in [2.24, 2.45) is 10.9 Å². The molecule has 0 unspecified atom stereocenters. The van der Waals surface area contributed by atoms with Crippen molar-refractivity contribution in [1.29, 1.82) is 0 Å². The fourth-order valence-electron chi connectivity index (χ4n) is 3.91. The van der Waals surface area contributed by atoms with Gasteiger partial charge in [0.2, 0.25) is 10.0 Å². The Balaban J connectivity index is 1.50. The van der Waals surface area contributed by atoms with Crippen LogP contribution in [-0.4, -0.2) is 31.5 Å². The zero-order chi connectivity index (χ0) is 22.6. The highest BCUT2D eigenvalue weighted by molar-refractivity contribution is 7.89. The maximum absolute atomic E-state index is 13.4. The Morgan fingerprint density at radius 1 is 0.844 bits per heavy atom. The van der Waals surface area contributed by atoms with Crippen molar-refractivity contribution in [3.63, 3.8) is 0 Å². The Hall–Kier alpha value is -2.90. The highest BCUT2D eigenvalue weighted by atomic mass is 32.2. The maximum Gasteiger partial charge on any atom is 0.243 e. The van der Waals surface area contributed by atoms with Crippen molar-refractivity contribution in [2.45, 2.75) is 24.2 Å². The molecule has 0 radical (unpaired) electrons. The van der Waals surface area contributed by atoms with Gasteiger partial charge in [0.25, 0.3) is 0 Å². The van der Waals surface area contributed by atoms with Gasteiger partial charge in [-0.3, -0.25) is 4.99 Å². The van der Waals surface area contributed by atoms with Gasteiger partial charge in [0.15, 0.2) is 0 Å². The first-order valence-electron chi connectivity index (χ1n) is 10.6. The average molecular weight is 455 g/mol. The lowest BCUT2D eigenvalue weighted by Gasteiger charge is -2.31. The summed E-state index contributed by atoms with van der Waals surface area (Å²) in [5, 5.41) is 0. The van der Waals surface area contributed by atoms with Crippen LogP contribution in [0.15, 0.2) is 88.8 Å². The van der Waals surface area contributed by atoms with Gasteiger partial charge < -0.3 is 0 Å². The SMILES string of the molecule is O=S(=O)(c1ccccc1)N1CCC(CC(=Nc2ccc(F)cc2)c2ccc(F)cc2)CC1. The van der Waals surface area contributed by atoms with Crippen LogP contribution in [0.1, 0.15) is 24.8 Å². The third kappa shape index (κ3) is 5.29. The van der Waals surface area contributed by atoms with Crippen LogP contribution in [0.5, 0.6) is 0 Å². The van der Waals surface area contributed by atoms with E-state index < -0.39 is 10.0 Å². The second-order valence-electron chi connectivity index (χ2n) is 7.91. The summed E-state index contributed by atoms with van der Waals surface area (Å²) in [7, 11) is -3.50. The molecule has 7 heteroatoms. The molecule has 3 aromatic rings. The van der Waals surface area contributed by atoms with Crippen LogP contribution in [0.2, 0.25) is 0 Å². The molecule has 1 heterocycles. The molecule has 4 rings (SSSR count). The lowest BCUT2D eigenvalue weighted by molar-refractivity contribution is 0.279. The number of aliphatic imine (C=N–C) groups is 1. The molecule has 0 spiro atoms. The zero-order valence-electron chi connectivity index (χ0n) is 17.5. The molecule has 166 valence electrons. The minimum atomic E-state index is -3.50. The first-order valence-corrected chi connectivity index (χ1v) is 12.0. The number of sulfonamides is 1. The smallest absolute Gasteiger partial charge is 0.243 e. The minimum Gasteiger partial charge on any atom is -0.253 e. The van der Waals surface area contributed by atoms with Crippen molar-refractivity contribution >= 4 is 21.4 Å². The fourth-order valence-corrected chi connectivity index (χ4v) is 5.40. The van der Waals surface area contributed by atoms with E-state index in [1.165, 1.54) is 28.6 Å². The molecule has 0 N–H and O–H groups in total. The number of benzene rings is 3. The van der Waals surface area contributed by atoms with Crippen molar-refractivity contribution in [3.05, 3.63) is 96.1 Å². The summed E-state index contributed by atoms with van der Waals surface area (Å²) in [5.41, 5.74) is 2.20. The Kier molecular flexibility index (Phi) is 6.77. The fraction of sp³-hybridized carbons (Fsp3) is 0.240. The largest absolute Gasteiger partial charge is 0.253 e. The lowest BCUT2D eigenvalue weighted by Crippen LogP contribution is -2.38. The molecule has 3 aromatic carbocycles. The Labute approximate surface area is 187 Å². The van der Waals surface area contributed by atoms with Crippen molar-refractivity contribution in [2.75, 3.05) is 13.1 Å². The van der Waals surface area contributed by atoms with Crippen LogP contribution >= 0.6 is 0 Å². The molecule has 0 bridgehead atoms. The molecule has 0 amide bonds. The van der Waals surface area contributed by atoms with E-state index in [1.807, 2.05) is 0 Å². The molecule has 1 saturated heterocycles. The molecule has 1 fully saturated rings. The predicted octanol–water partition coefficient (Wildman–Crippen LogP) is 5.58. The van der Waals surface area contributed by atoms with E-state index in [2.05, 4.69) is 0 Å². The third-order valence-corrected chi connectivity index (χ3v) is 7.62. The third-order valence-electron chi connectivity index (χ3n) is 5.70. The standard InChI is InChI=1S/C25H24F2N2O2S/c26-21-8-6-20(7-9-21)25(28-23-12-10-22(27)11-13-23)18-19-14-16-29(17-15-19)32(30,31)24-4-2-1-3-5-24/h1-13,19H,14-18H2. The molecule has 0 atom stereocenters. The number of halogens is 2. The van der Waals surface area contributed by atoms with Crippen LogP contribution in [0.4, 0.5) is 14.5 Å². The topological polar surface area (TPSA) is 49.7 Å². The normalized spacial score (nSPS) is 16.2. The summed E-state index contributed by atoms with van der Waals surface area (Å²) in [5.74, 6) is -0.421. The average Bonchev–Trinajstić information content (AvgIpc) is 2.81. The molecule has 0 aromatic heterocycles. The van der Waals surface area contributed by atoms with Crippen LogP contribution in [-0.2, 0) is 10.0 Å². The van der Waals surface area contributed by atoms with E-state index in [-0.39, 0.29) is 17.6 Å². The van der Waals surface area contributed by atoms with Crippen LogP contribution in [0.3, 0.4) is 0 Å².